The molecule has 0 bridgehead atoms. The molecule has 1 aromatic carbocycles. The van der Waals surface area contributed by atoms with Crippen molar-refractivity contribution in [1.29, 1.82) is 0 Å². The van der Waals surface area contributed by atoms with Crippen LogP contribution in [0.2, 0.25) is 0 Å². The average molecular weight is 1310 g/mol. The number of amides is 12. The number of carboxylic acid groups (broad SMARTS) is 4. The second-order valence-corrected chi connectivity index (χ2v) is 20.8. The Morgan fingerprint density at radius 3 is 1.70 bits per heavy atom. The van der Waals surface area contributed by atoms with Crippen LogP contribution in [0.25, 0.3) is 0 Å². The molecular weight excluding hydrogens is 1240 g/mol. The molecule has 0 radical (unpaired) electrons. The molecule has 0 aromatic heterocycles. The number of ether oxygens (including phenoxy) is 1. The number of hydrogen-bond acceptors (Lipinski definition) is 23. The van der Waals surface area contributed by atoms with Gasteiger partial charge in [0.15, 0.2) is 5.78 Å². The number of aliphatic hydroxyl groups excluding tert-OH is 1. The fourth-order valence-electron chi connectivity index (χ4n) is 8.22. The number of nitrogens with one attached hydrogen (secondary N) is 12. The zero-order valence-electron chi connectivity index (χ0n) is 49.0. The lowest BCUT2D eigenvalue weighted by atomic mass is 9.96. The van der Waals surface area contributed by atoms with Gasteiger partial charge in [0, 0.05) is 17.7 Å². The lowest BCUT2D eigenvalue weighted by molar-refractivity contribution is -0.156. The van der Waals surface area contributed by atoms with E-state index in [0.29, 0.717) is 0 Å². The molecule has 0 spiro atoms. The van der Waals surface area contributed by atoms with Crippen LogP contribution in [0.1, 0.15) is 82.5 Å². The summed E-state index contributed by atoms with van der Waals surface area (Å²) in [5.74, 6) is -27.1. The first-order chi connectivity index (χ1) is 42.6. The predicted octanol–water partition coefficient (Wildman–Crippen LogP) is -9.71. The van der Waals surface area contributed by atoms with Crippen molar-refractivity contribution in [3.05, 3.63) is 29.8 Å². The fraction of sp³-hybridized carbons (Fsp3) is 0.529. The number of carboxylic acids is 4. The van der Waals surface area contributed by atoms with Crippen molar-refractivity contribution in [2.75, 3.05) is 32.0 Å². The van der Waals surface area contributed by atoms with E-state index in [1.807, 2.05) is 21.3 Å². The van der Waals surface area contributed by atoms with Gasteiger partial charge < -0.3 is 111 Å². The lowest BCUT2D eigenvalue weighted by Crippen LogP contribution is -2.61. The Labute approximate surface area is 518 Å². The smallest absolute Gasteiger partial charge is 0.329 e. The first-order valence-electron chi connectivity index (χ1n) is 27.4. The molecule has 39 nitrogen and oxygen atoms in total. The molecule has 502 valence electrons. The number of nitrogens with two attached hydrogens (primary N) is 3. The third-order valence-corrected chi connectivity index (χ3v) is 13.2. The SMILES string of the molecule is CC1NC(=O)C(CC(=O)O)NC(=O)C(CCCNP)NC(=O)CNC(=O)C(NC(=O)C(CC(=O)O)NC(=O)C(N)CC(N)=O)C(C)OC(=O)C(CC(=O)c2ccccc2N)NC(=O)C(C(C)CC(=O)O)NC(=O)C(CO)NC(=O)CNC(=O)C(CC(=O)O)NC1=O. The molecule has 1 heterocycles. The molecule has 1 aliphatic rings. The van der Waals surface area contributed by atoms with Gasteiger partial charge in [0.2, 0.25) is 70.9 Å². The van der Waals surface area contributed by atoms with E-state index in [2.05, 4.69) is 51.7 Å². The molecule has 91 heavy (non-hydrogen) atoms. The first kappa shape index (κ1) is 77.1. The van der Waals surface area contributed by atoms with Gasteiger partial charge in [-0.3, -0.25) is 81.5 Å². The topological polar surface area (TPSA) is 640 Å². The molecule has 12 amide bonds. The van der Waals surface area contributed by atoms with Gasteiger partial charge in [-0.15, -0.1) is 0 Å². The number of hydrogen-bond donors (Lipinski definition) is 20. The number of benzene rings is 1. The van der Waals surface area contributed by atoms with Crippen LogP contribution in [0, 0.1) is 5.92 Å². The highest BCUT2D eigenvalue weighted by molar-refractivity contribution is 7.13. The molecule has 1 saturated heterocycles. The van der Waals surface area contributed by atoms with Gasteiger partial charge in [0.05, 0.1) is 57.8 Å². The Balaban J connectivity index is 2.94. The number of aliphatic hydroxyl groups is 1. The minimum atomic E-state index is -2.32. The van der Waals surface area contributed by atoms with Gasteiger partial charge in [0.25, 0.3) is 0 Å². The average Bonchev–Trinajstić information content (AvgIpc) is 1.49. The van der Waals surface area contributed by atoms with Crippen LogP contribution in [0.4, 0.5) is 5.69 Å². The van der Waals surface area contributed by atoms with E-state index in [1.54, 1.807) is 0 Å². The van der Waals surface area contributed by atoms with Crippen molar-refractivity contribution < 1.29 is 117 Å². The summed E-state index contributed by atoms with van der Waals surface area (Å²) in [6.07, 6.45) is -8.80. The molecule has 0 aliphatic carbocycles. The Hall–Kier alpha value is -10.0. The van der Waals surface area contributed by atoms with Gasteiger partial charge in [-0.25, -0.2) is 4.79 Å². The van der Waals surface area contributed by atoms with Crippen LogP contribution in [-0.4, -0.2) is 225 Å². The predicted molar refractivity (Wildman–Crippen MR) is 308 cm³/mol. The quantitative estimate of drug-likeness (QED) is 0.0159. The van der Waals surface area contributed by atoms with Crippen LogP contribution in [-0.2, 0) is 86.2 Å². The van der Waals surface area contributed by atoms with Gasteiger partial charge in [0.1, 0.15) is 60.5 Å². The van der Waals surface area contributed by atoms with E-state index in [4.69, 9.17) is 21.9 Å². The number of carbonyl (C=O) groups excluding carboxylic acids is 14. The molecule has 23 N–H and O–H groups in total. The lowest BCUT2D eigenvalue weighted by Gasteiger charge is -2.30. The number of anilines is 1. The van der Waals surface area contributed by atoms with E-state index in [9.17, 15) is 112 Å². The number of esters is 1. The van der Waals surface area contributed by atoms with Crippen molar-refractivity contribution in [3.8, 4) is 0 Å². The van der Waals surface area contributed by atoms with Crippen molar-refractivity contribution in [2.24, 2.45) is 17.4 Å². The number of Topliss-reactive ketones (excluding diaryl/α,β-unsaturated/α-hetero) is 1. The van der Waals surface area contributed by atoms with E-state index in [-0.39, 0.29) is 30.6 Å². The van der Waals surface area contributed by atoms with Gasteiger partial charge in [-0.2, -0.15) is 0 Å². The zero-order valence-corrected chi connectivity index (χ0v) is 50.2. The highest BCUT2D eigenvalue weighted by Crippen LogP contribution is 2.17. The highest BCUT2D eigenvalue weighted by atomic mass is 31.0. The number of para-hydroxylation sites is 1. The maximum atomic E-state index is 14.5. The van der Waals surface area contributed by atoms with E-state index < -0.39 is 237 Å². The summed E-state index contributed by atoms with van der Waals surface area (Å²) >= 11 is 0. The molecule has 0 saturated carbocycles. The molecule has 1 aromatic rings. The third-order valence-electron chi connectivity index (χ3n) is 12.9. The third kappa shape index (κ3) is 27.1. The van der Waals surface area contributed by atoms with Crippen molar-refractivity contribution in [3.63, 3.8) is 0 Å². The van der Waals surface area contributed by atoms with Crippen LogP contribution in [0.5, 0.6) is 0 Å². The highest BCUT2D eigenvalue weighted by Gasteiger charge is 2.40. The molecule has 1 aliphatic heterocycles. The van der Waals surface area contributed by atoms with E-state index in [0.717, 1.165) is 20.8 Å². The summed E-state index contributed by atoms with van der Waals surface area (Å²) in [5.41, 5.74) is 16.4. The number of carbonyl (C=O) groups is 18. The molecule has 1 fully saturated rings. The Morgan fingerprint density at radius 2 is 1.15 bits per heavy atom. The maximum absolute atomic E-state index is 14.5. The number of ketones is 1. The van der Waals surface area contributed by atoms with Crippen molar-refractivity contribution in [1.82, 2.24) is 63.6 Å². The normalized spacial score (nSPS) is 23.4. The monoisotopic (exact) mass is 1310 g/mol. The molecule has 13 atom stereocenters. The standard InChI is InChI=1S/C51H74N15O24P/c1-20(11-36(72)73)40-50(88)64-30(13-32(68)23-7-4-5-8-24(23)52)51(89)90-22(3)41(66-47(85)29(16-39(78)79)62-43(81)25(53)12-33(54)69)49(87)56-18-34(70)59-26(9-6-10-57-91)45(83)63-28(15-38(76)77)46(84)58-21(2)42(80)61-27(14-37(74)75)44(82)55-17-35(71)60-31(19-67)48(86)65-40/h4-5,7-8,20-22,25-31,40-41,57,67H,6,9-19,52-53,91H2,1-3H3,(H2,54,69)(H,55,82)(H,56,87)(H,58,84)(H,59,70)(H,60,71)(H,61,80)(H,62,81)(H,63,83)(H,64,88)(H,65,86)(H,66,85)(H,72,73)(H,74,75)(H,76,77)(H,78,79). The fourth-order valence-corrected chi connectivity index (χ4v) is 8.42. The van der Waals surface area contributed by atoms with E-state index in [1.165, 1.54) is 24.3 Å². The van der Waals surface area contributed by atoms with Crippen molar-refractivity contribution in [2.45, 2.75) is 139 Å². The Bertz CT molecular complexity index is 2940. The molecule has 13 unspecified atom stereocenters. The van der Waals surface area contributed by atoms with Gasteiger partial charge in [-0.05, 0) is 51.3 Å². The second kappa shape index (κ2) is 37.7. The summed E-state index contributed by atoms with van der Waals surface area (Å²) in [4.78, 5) is 238. The Morgan fingerprint density at radius 1 is 0.626 bits per heavy atom. The summed E-state index contributed by atoms with van der Waals surface area (Å²) in [6.45, 7) is -0.457. The van der Waals surface area contributed by atoms with Crippen LogP contribution in [0.15, 0.2) is 24.3 Å². The summed E-state index contributed by atoms with van der Waals surface area (Å²) in [6, 6.07) is -15.0. The number of aliphatic carboxylic acids is 4. The maximum Gasteiger partial charge on any atom is 0.329 e. The van der Waals surface area contributed by atoms with E-state index >= 15 is 0 Å². The molecule has 2 rings (SSSR count). The number of rotatable bonds is 23. The van der Waals surface area contributed by atoms with Gasteiger partial charge >= 0.3 is 29.8 Å². The molecule has 40 heteroatoms. The number of cyclic esters (lactones) is 1. The Kier molecular flexibility index (Phi) is 32.0. The number of nitrogen functional groups attached to an aromatic ring is 1. The minimum absolute atomic E-state index is 0.0566. The summed E-state index contributed by atoms with van der Waals surface area (Å²) in [5, 5.41) is 74.5. The number of primary amides is 1. The molecular formula is C51H74N15O24P. The van der Waals surface area contributed by atoms with Crippen molar-refractivity contribution >= 4 is 122 Å². The summed E-state index contributed by atoms with van der Waals surface area (Å²) < 4.78 is 5.56. The second-order valence-electron chi connectivity index (χ2n) is 20.4. The van der Waals surface area contributed by atoms with Crippen LogP contribution < -0.4 is 80.8 Å². The minimum Gasteiger partial charge on any atom is -0.481 e. The summed E-state index contributed by atoms with van der Waals surface area (Å²) in [7, 11) is 2.16. The van der Waals surface area contributed by atoms with Crippen LogP contribution >= 0.6 is 9.39 Å². The van der Waals surface area contributed by atoms with Crippen LogP contribution in [0.3, 0.4) is 0 Å². The zero-order chi connectivity index (χ0) is 69.0. The largest absolute Gasteiger partial charge is 0.481 e. The van der Waals surface area contributed by atoms with Gasteiger partial charge in [-0.1, -0.05) is 28.4 Å². The first-order valence-corrected chi connectivity index (χ1v) is 28.0.